The molecule has 3 aromatic rings. The van der Waals surface area contributed by atoms with E-state index in [4.69, 9.17) is 0 Å². The third kappa shape index (κ3) is 4.67. The fourth-order valence-corrected chi connectivity index (χ4v) is 2.92. The molecule has 0 spiro atoms. The number of anilines is 1. The molecule has 27 heavy (non-hydrogen) atoms. The molecule has 2 amide bonds. The van der Waals surface area contributed by atoms with Crippen LogP contribution in [0.3, 0.4) is 0 Å². The molecule has 3 rings (SSSR count). The van der Waals surface area contributed by atoms with Crippen molar-refractivity contribution in [3.63, 3.8) is 0 Å². The van der Waals surface area contributed by atoms with Crippen molar-refractivity contribution in [1.29, 1.82) is 0 Å². The molecule has 138 valence electrons. The van der Waals surface area contributed by atoms with Crippen LogP contribution in [0, 0.1) is 12.7 Å². The van der Waals surface area contributed by atoms with E-state index in [1.165, 1.54) is 19.1 Å². The number of para-hydroxylation sites is 1. The highest BCUT2D eigenvalue weighted by Gasteiger charge is 2.18. The van der Waals surface area contributed by atoms with Gasteiger partial charge in [0, 0.05) is 18.0 Å². The summed E-state index contributed by atoms with van der Waals surface area (Å²) in [5.41, 5.74) is 2.84. The van der Waals surface area contributed by atoms with Crippen LogP contribution in [0.2, 0.25) is 0 Å². The van der Waals surface area contributed by atoms with Crippen LogP contribution in [-0.2, 0) is 9.59 Å². The number of carbonyl (C=O) groups excluding carboxylic acids is 2. The van der Waals surface area contributed by atoms with Crippen LogP contribution >= 0.6 is 0 Å². The van der Waals surface area contributed by atoms with Gasteiger partial charge in [0.1, 0.15) is 5.82 Å². The van der Waals surface area contributed by atoms with Gasteiger partial charge in [-0.1, -0.05) is 30.3 Å². The van der Waals surface area contributed by atoms with E-state index in [1.54, 1.807) is 18.2 Å². The fourth-order valence-electron chi connectivity index (χ4n) is 2.92. The van der Waals surface area contributed by atoms with Gasteiger partial charge in [0.2, 0.25) is 11.8 Å². The van der Waals surface area contributed by atoms with Gasteiger partial charge in [-0.15, -0.1) is 0 Å². The molecule has 0 radical (unpaired) electrons. The molecule has 1 heterocycles. The second kappa shape index (κ2) is 7.95. The smallest absolute Gasteiger partial charge is 0.226 e. The van der Waals surface area contributed by atoms with Crippen molar-refractivity contribution < 1.29 is 14.0 Å². The zero-order valence-corrected chi connectivity index (χ0v) is 15.1. The predicted molar refractivity (Wildman–Crippen MR) is 103 cm³/mol. The van der Waals surface area contributed by atoms with Crippen LogP contribution in [0.4, 0.5) is 10.1 Å². The SMILES string of the molecule is CC(=O)N[C@@H](CC(=O)Nc1cccc2ccc(C)nc12)c1ccc(F)cc1. The maximum Gasteiger partial charge on any atom is 0.226 e. The first kappa shape index (κ1) is 18.5. The highest BCUT2D eigenvalue weighted by atomic mass is 19.1. The van der Waals surface area contributed by atoms with Crippen molar-refractivity contribution in [2.75, 3.05) is 5.32 Å². The molecule has 1 aromatic heterocycles. The monoisotopic (exact) mass is 365 g/mol. The van der Waals surface area contributed by atoms with Gasteiger partial charge in [0.25, 0.3) is 0 Å². The van der Waals surface area contributed by atoms with Gasteiger partial charge in [0.15, 0.2) is 0 Å². The van der Waals surface area contributed by atoms with Crippen molar-refractivity contribution in [2.45, 2.75) is 26.3 Å². The third-order valence-corrected chi connectivity index (χ3v) is 4.17. The highest BCUT2D eigenvalue weighted by Crippen LogP contribution is 2.23. The number of nitrogens with one attached hydrogen (secondary N) is 2. The normalized spacial score (nSPS) is 11.8. The third-order valence-electron chi connectivity index (χ3n) is 4.17. The minimum atomic E-state index is -0.548. The Hall–Kier alpha value is -3.28. The molecule has 2 N–H and O–H groups in total. The molecule has 0 unspecified atom stereocenters. The van der Waals surface area contributed by atoms with E-state index in [-0.39, 0.29) is 24.1 Å². The number of aromatic nitrogens is 1. The van der Waals surface area contributed by atoms with Gasteiger partial charge < -0.3 is 10.6 Å². The number of hydrogen-bond donors (Lipinski definition) is 2. The number of rotatable bonds is 5. The van der Waals surface area contributed by atoms with Crippen LogP contribution in [0.25, 0.3) is 10.9 Å². The number of amides is 2. The van der Waals surface area contributed by atoms with E-state index in [1.807, 2.05) is 31.2 Å². The molecule has 0 saturated carbocycles. The molecule has 0 aliphatic rings. The average Bonchev–Trinajstić information content (AvgIpc) is 2.62. The Kier molecular flexibility index (Phi) is 5.45. The van der Waals surface area contributed by atoms with Crippen molar-refractivity contribution in [1.82, 2.24) is 10.3 Å². The van der Waals surface area contributed by atoms with Crippen LogP contribution in [0.15, 0.2) is 54.6 Å². The van der Waals surface area contributed by atoms with Gasteiger partial charge in [0.05, 0.1) is 23.7 Å². The van der Waals surface area contributed by atoms with E-state index < -0.39 is 6.04 Å². The molecular formula is C21H20FN3O2. The Balaban J connectivity index is 1.81. The summed E-state index contributed by atoms with van der Waals surface area (Å²) in [6, 6.07) is 14.6. The number of nitrogens with zero attached hydrogens (tertiary/aromatic N) is 1. The van der Waals surface area contributed by atoms with Crippen LogP contribution in [0.5, 0.6) is 0 Å². The van der Waals surface area contributed by atoms with Gasteiger partial charge in [-0.05, 0) is 36.8 Å². The van der Waals surface area contributed by atoms with E-state index >= 15 is 0 Å². The predicted octanol–water partition coefficient (Wildman–Crippen LogP) is 3.89. The number of carbonyl (C=O) groups is 2. The number of aryl methyl sites for hydroxylation is 1. The quantitative estimate of drug-likeness (QED) is 0.721. The summed E-state index contributed by atoms with van der Waals surface area (Å²) in [5.74, 6) is -0.907. The second-order valence-corrected chi connectivity index (χ2v) is 6.39. The Morgan fingerprint density at radius 1 is 1.07 bits per heavy atom. The number of hydrogen-bond acceptors (Lipinski definition) is 3. The Morgan fingerprint density at radius 3 is 2.52 bits per heavy atom. The lowest BCUT2D eigenvalue weighted by Gasteiger charge is -2.18. The number of fused-ring (bicyclic) bond motifs is 1. The van der Waals surface area contributed by atoms with Gasteiger partial charge in [-0.2, -0.15) is 0 Å². The number of halogens is 1. The summed E-state index contributed by atoms with van der Waals surface area (Å²) >= 11 is 0. The molecule has 6 heteroatoms. The summed E-state index contributed by atoms with van der Waals surface area (Å²) < 4.78 is 13.2. The summed E-state index contributed by atoms with van der Waals surface area (Å²) in [5, 5.41) is 6.54. The molecule has 0 bridgehead atoms. The lowest BCUT2D eigenvalue weighted by atomic mass is 10.0. The standard InChI is InChI=1S/C21H20FN3O2/c1-13-6-7-16-4-3-5-18(21(16)23-13)25-20(27)12-19(24-14(2)26)15-8-10-17(22)11-9-15/h3-11,19H,12H2,1-2H3,(H,24,26)(H,25,27)/t19-/m0/s1. The molecule has 1 atom stereocenters. The Labute approximate surface area is 156 Å². The summed E-state index contributed by atoms with van der Waals surface area (Å²) in [6.45, 7) is 3.27. The first-order valence-electron chi connectivity index (χ1n) is 8.61. The van der Waals surface area contributed by atoms with Crippen LogP contribution in [-0.4, -0.2) is 16.8 Å². The second-order valence-electron chi connectivity index (χ2n) is 6.39. The van der Waals surface area contributed by atoms with E-state index in [2.05, 4.69) is 15.6 Å². The minimum absolute atomic E-state index is 0.0212. The highest BCUT2D eigenvalue weighted by molar-refractivity contribution is 6.00. The maximum absolute atomic E-state index is 13.2. The molecule has 0 fully saturated rings. The summed E-state index contributed by atoms with van der Waals surface area (Å²) in [7, 11) is 0. The summed E-state index contributed by atoms with van der Waals surface area (Å²) in [6.07, 6.45) is 0.0212. The Bertz CT molecular complexity index is 986. The first-order chi connectivity index (χ1) is 12.9. The molecule has 0 saturated heterocycles. The van der Waals surface area contributed by atoms with Crippen molar-refractivity contribution in [3.8, 4) is 0 Å². The largest absolute Gasteiger partial charge is 0.349 e. The number of pyridine rings is 1. The molecule has 2 aromatic carbocycles. The maximum atomic E-state index is 13.2. The molecule has 0 aliphatic heterocycles. The minimum Gasteiger partial charge on any atom is -0.349 e. The van der Waals surface area contributed by atoms with Crippen molar-refractivity contribution >= 4 is 28.4 Å². The van der Waals surface area contributed by atoms with Crippen LogP contribution in [0.1, 0.15) is 30.6 Å². The zero-order chi connectivity index (χ0) is 19.4. The zero-order valence-electron chi connectivity index (χ0n) is 15.1. The topological polar surface area (TPSA) is 71.1 Å². The number of benzene rings is 2. The first-order valence-corrected chi connectivity index (χ1v) is 8.61. The van der Waals surface area contributed by atoms with Gasteiger partial charge >= 0.3 is 0 Å². The molecule has 5 nitrogen and oxygen atoms in total. The summed E-state index contributed by atoms with van der Waals surface area (Å²) in [4.78, 5) is 28.6. The van der Waals surface area contributed by atoms with Crippen LogP contribution < -0.4 is 10.6 Å². The van der Waals surface area contributed by atoms with E-state index in [9.17, 15) is 14.0 Å². The average molecular weight is 365 g/mol. The Morgan fingerprint density at radius 2 is 1.81 bits per heavy atom. The van der Waals surface area contributed by atoms with E-state index in [0.29, 0.717) is 16.8 Å². The fraction of sp³-hybridized carbons (Fsp3) is 0.190. The van der Waals surface area contributed by atoms with Gasteiger partial charge in [-0.3, -0.25) is 14.6 Å². The van der Waals surface area contributed by atoms with Crippen molar-refractivity contribution in [3.05, 3.63) is 71.7 Å². The van der Waals surface area contributed by atoms with Gasteiger partial charge in [-0.25, -0.2) is 4.39 Å². The molecular weight excluding hydrogens is 345 g/mol. The van der Waals surface area contributed by atoms with Crippen molar-refractivity contribution in [2.24, 2.45) is 0 Å². The van der Waals surface area contributed by atoms with E-state index in [0.717, 1.165) is 11.1 Å². The lowest BCUT2D eigenvalue weighted by Crippen LogP contribution is -2.29. The molecule has 0 aliphatic carbocycles. The lowest BCUT2D eigenvalue weighted by molar-refractivity contribution is -0.120.